The second kappa shape index (κ2) is 6.68. The lowest BCUT2D eigenvalue weighted by Crippen LogP contribution is -2.51. The fourth-order valence-corrected chi connectivity index (χ4v) is 8.71. The molecular weight excluding hydrogens is 382 g/mol. The van der Waals surface area contributed by atoms with Gasteiger partial charge in [-0.25, -0.2) is 17.7 Å². The van der Waals surface area contributed by atoms with Crippen LogP contribution in [-0.2, 0) is 10.0 Å². The van der Waals surface area contributed by atoms with E-state index in [-0.39, 0.29) is 10.8 Å². The summed E-state index contributed by atoms with van der Waals surface area (Å²) >= 11 is 0. The fourth-order valence-electron chi connectivity index (χ4n) is 7.85. The van der Waals surface area contributed by atoms with Gasteiger partial charge in [-0.2, -0.15) is 0 Å². The molecule has 3 aliphatic carbocycles. The fraction of sp³-hybridized carbons (Fsp3) is 0.783. The first-order valence-corrected chi connectivity index (χ1v) is 13.2. The van der Waals surface area contributed by atoms with E-state index >= 15 is 0 Å². The van der Waals surface area contributed by atoms with Gasteiger partial charge >= 0.3 is 0 Å². The lowest BCUT2D eigenvalue weighted by atomic mass is 9.46. The van der Waals surface area contributed by atoms with E-state index in [1.807, 2.05) is 12.5 Å². The van der Waals surface area contributed by atoms with Gasteiger partial charge in [-0.1, -0.05) is 19.9 Å². The maximum Gasteiger partial charge on any atom is 0.211 e. The van der Waals surface area contributed by atoms with Crippen LogP contribution in [0.2, 0.25) is 0 Å². The third-order valence-corrected chi connectivity index (χ3v) is 10.8. The molecule has 5 nitrogen and oxygen atoms in total. The molecule has 0 bridgehead atoms. The van der Waals surface area contributed by atoms with Gasteiger partial charge in [-0.3, -0.25) is 0 Å². The molecule has 1 aromatic rings. The van der Waals surface area contributed by atoms with Gasteiger partial charge in [-0.05, 0) is 74.0 Å². The van der Waals surface area contributed by atoms with Crippen LogP contribution in [0.1, 0.15) is 58.8 Å². The Balaban J connectivity index is 1.42. The molecule has 6 atom stereocenters. The molecule has 1 saturated heterocycles. The van der Waals surface area contributed by atoms with Gasteiger partial charge in [0.2, 0.25) is 10.0 Å². The van der Waals surface area contributed by atoms with Crippen LogP contribution in [0.3, 0.4) is 0 Å². The summed E-state index contributed by atoms with van der Waals surface area (Å²) in [5.74, 6) is 2.87. The van der Waals surface area contributed by atoms with E-state index in [1.54, 1.807) is 4.31 Å². The van der Waals surface area contributed by atoms with Gasteiger partial charge in [0.1, 0.15) is 0 Å². The summed E-state index contributed by atoms with van der Waals surface area (Å²) in [4.78, 5) is 4.29. The van der Waals surface area contributed by atoms with Gasteiger partial charge in [0, 0.05) is 36.6 Å². The van der Waals surface area contributed by atoms with Crippen LogP contribution in [0.25, 0.3) is 5.70 Å². The third-order valence-electron chi connectivity index (χ3n) is 9.48. The smallest absolute Gasteiger partial charge is 0.211 e. The molecule has 29 heavy (non-hydrogen) atoms. The molecule has 0 radical (unpaired) electrons. The molecule has 2 heterocycles. The third kappa shape index (κ3) is 2.96. The molecule has 1 aromatic heterocycles. The van der Waals surface area contributed by atoms with Crippen molar-refractivity contribution in [3.05, 3.63) is 24.8 Å². The number of rotatable bonds is 2. The maximum atomic E-state index is 12.2. The van der Waals surface area contributed by atoms with Crippen LogP contribution in [0.4, 0.5) is 0 Å². The summed E-state index contributed by atoms with van der Waals surface area (Å²) < 4.78 is 28.3. The van der Waals surface area contributed by atoms with Crippen molar-refractivity contribution in [2.75, 3.05) is 19.3 Å². The zero-order valence-electron chi connectivity index (χ0n) is 18.0. The van der Waals surface area contributed by atoms with Crippen LogP contribution >= 0.6 is 0 Å². The Morgan fingerprint density at radius 1 is 1.07 bits per heavy atom. The first-order valence-electron chi connectivity index (χ1n) is 11.4. The Morgan fingerprint density at radius 3 is 2.62 bits per heavy atom. The van der Waals surface area contributed by atoms with Crippen LogP contribution in [0.15, 0.2) is 24.8 Å². The summed E-state index contributed by atoms with van der Waals surface area (Å²) in [6.45, 7) is 6.40. The number of hydrogen-bond donors (Lipinski definition) is 0. The van der Waals surface area contributed by atoms with Crippen molar-refractivity contribution in [1.29, 1.82) is 0 Å². The van der Waals surface area contributed by atoms with Crippen LogP contribution in [0, 0.1) is 34.5 Å². The predicted octanol–water partition coefficient (Wildman–Crippen LogP) is 4.25. The standard InChI is InChI=1S/C23H35N3O2S/c1-22-11-14-26(29(3,27)28)13-9-17(22)4-5-18-19-6-7-21(25-15-12-24-16-25)23(19,2)10-8-20(18)22/h7,12,15-20H,4-6,8-11,13-14H2,1-3H3. The number of nitrogens with zero attached hydrogens (tertiary/aromatic N) is 3. The van der Waals surface area contributed by atoms with E-state index in [4.69, 9.17) is 0 Å². The minimum Gasteiger partial charge on any atom is -0.310 e. The number of imidazole rings is 1. The van der Waals surface area contributed by atoms with E-state index in [2.05, 4.69) is 35.7 Å². The van der Waals surface area contributed by atoms with Gasteiger partial charge in [0.25, 0.3) is 0 Å². The molecule has 2 saturated carbocycles. The SMILES string of the molecule is CC12CCC3C(CCC4CCN(S(C)(=O)=O)CCC43C)C1CC=C2n1ccnc1. The van der Waals surface area contributed by atoms with E-state index < -0.39 is 10.0 Å². The second-order valence-electron chi connectivity index (χ2n) is 10.6. The molecule has 0 aromatic carbocycles. The normalized spacial score (nSPS) is 43.1. The number of aromatic nitrogens is 2. The average molecular weight is 418 g/mol. The number of sulfonamides is 1. The highest BCUT2D eigenvalue weighted by molar-refractivity contribution is 7.88. The molecule has 5 rings (SSSR count). The van der Waals surface area contributed by atoms with Crippen molar-refractivity contribution in [3.8, 4) is 0 Å². The molecule has 6 heteroatoms. The van der Waals surface area contributed by atoms with Crippen molar-refractivity contribution in [1.82, 2.24) is 13.9 Å². The zero-order chi connectivity index (χ0) is 20.4. The van der Waals surface area contributed by atoms with Crippen LogP contribution in [0.5, 0.6) is 0 Å². The summed E-state index contributed by atoms with van der Waals surface area (Å²) in [6.07, 6.45) is 18.1. The minimum atomic E-state index is -3.09. The molecule has 3 fully saturated rings. The van der Waals surface area contributed by atoms with Crippen LogP contribution in [-0.4, -0.2) is 41.6 Å². The highest BCUT2D eigenvalue weighted by atomic mass is 32.2. The monoisotopic (exact) mass is 417 g/mol. The highest BCUT2D eigenvalue weighted by Crippen LogP contribution is 2.66. The van der Waals surface area contributed by atoms with Crippen molar-refractivity contribution in [2.45, 2.75) is 58.8 Å². The van der Waals surface area contributed by atoms with Crippen molar-refractivity contribution >= 4 is 15.7 Å². The van der Waals surface area contributed by atoms with Gasteiger partial charge in [0.05, 0.1) is 12.6 Å². The molecule has 0 amide bonds. The molecule has 0 N–H and O–H groups in total. The maximum absolute atomic E-state index is 12.2. The Morgan fingerprint density at radius 2 is 1.90 bits per heavy atom. The van der Waals surface area contributed by atoms with Crippen LogP contribution < -0.4 is 0 Å². The Hall–Kier alpha value is -1.14. The molecule has 4 aliphatic rings. The number of hydrogen-bond acceptors (Lipinski definition) is 3. The lowest BCUT2D eigenvalue weighted by molar-refractivity contribution is -0.0799. The van der Waals surface area contributed by atoms with E-state index in [1.165, 1.54) is 44.1 Å². The summed E-state index contributed by atoms with van der Waals surface area (Å²) in [5.41, 5.74) is 1.98. The van der Waals surface area contributed by atoms with Crippen molar-refractivity contribution in [2.24, 2.45) is 34.5 Å². The van der Waals surface area contributed by atoms with Crippen molar-refractivity contribution < 1.29 is 8.42 Å². The zero-order valence-corrected chi connectivity index (χ0v) is 18.9. The van der Waals surface area contributed by atoms with E-state index in [0.29, 0.717) is 24.9 Å². The Bertz CT molecular complexity index is 909. The molecule has 6 unspecified atom stereocenters. The molecule has 0 spiro atoms. The largest absolute Gasteiger partial charge is 0.310 e. The second-order valence-corrected chi connectivity index (χ2v) is 12.6. The van der Waals surface area contributed by atoms with E-state index in [0.717, 1.165) is 24.7 Å². The van der Waals surface area contributed by atoms with Gasteiger partial charge in [-0.15, -0.1) is 0 Å². The lowest BCUT2D eigenvalue weighted by Gasteiger charge is -2.58. The number of allylic oxidation sites excluding steroid dienone is 2. The highest BCUT2D eigenvalue weighted by Gasteiger charge is 2.58. The van der Waals surface area contributed by atoms with E-state index in [9.17, 15) is 8.42 Å². The quantitative estimate of drug-likeness (QED) is 0.723. The van der Waals surface area contributed by atoms with Crippen molar-refractivity contribution in [3.63, 3.8) is 0 Å². The first kappa shape index (κ1) is 19.8. The first-order chi connectivity index (χ1) is 13.7. The number of fused-ring (bicyclic) bond motifs is 5. The predicted molar refractivity (Wildman–Crippen MR) is 115 cm³/mol. The van der Waals surface area contributed by atoms with Gasteiger partial charge < -0.3 is 4.57 Å². The summed E-state index contributed by atoms with van der Waals surface area (Å²) in [6, 6.07) is 0. The topological polar surface area (TPSA) is 55.2 Å². The molecule has 160 valence electrons. The molecule has 1 aliphatic heterocycles. The Kier molecular flexibility index (Phi) is 4.56. The Labute approximate surface area is 175 Å². The minimum absolute atomic E-state index is 0.245. The average Bonchev–Trinajstić information content (AvgIpc) is 3.24. The van der Waals surface area contributed by atoms with Gasteiger partial charge in [0.15, 0.2) is 0 Å². The summed E-state index contributed by atoms with van der Waals surface area (Å²) in [7, 11) is -3.09. The molecular formula is C23H35N3O2S. The summed E-state index contributed by atoms with van der Waals surface area (Å²) in [5, 5.41) is 0.